The van der Waals surface area contributed by atoms with Crippen molar-refractivity contribution in [3.8, 4) is 5.75 Å². The fourth-order valence-corrected chi connectivity index (χ4v) is 4.69. The number of carbonyl (C=O) groups excluding carboxylic acids is 2. The summed E-state index contributed by atoms with van der Waals surface area (Å²) in [5.41, 5.74) is 1.88. The second kappa shape index (κ2) is 12.1. The number of nitrogens with zero attached hydrogens (tertiary/aromatic N) is 1. The number of sulfonamides is 1. The minimum Gasteiger partial charge on any atom is -0.495 e. The lowest BCUT2D eigenvalue weighted by Crippen LogP contribution is -2.30. The molecule has 184 valence electrons. The predicted octanol–water partition coefficient (Wildman–Crippen LogP) is 3.03. The Kier molecular flexibility index (Phi) is 8.99. The van der Waals surface area contributed by atoms with Gasteiger partial charge in [0.2, 0.25) is 10.0 Å². The van der Waals surface area contributed by atoms with E-state index in [1.807, 2.05) is 60.7 Å². The Morgan fingerprint density at radius 3 is 2.17 bits per heavy atom. The molecule has 0 aliphatic carbocycles. The van der Waals surface area contributed by atoms with E-state index in [1.54, 1.807) is 0 Å². The van der Waals surface area contributed by atoms with Crippen LogP contribution in [0.2, 0.25) is 0 Å². The van der Waals surface area contributed by atoms with Crippen LogP contribution < -0.4 is 10.1 Å². The lowest BCUT2D eigenvalue weighted by atomic mass is 10.1. The third-order valence-corrected chi connectivity index (χ3v) is 7.07. The van der Waals surface area contributed by atoms with Gasteiger partial charge in [0, 0.05) is 20.1 Å². The Morgan fingerprint density at radius 1 is 0.914 bits per heavy atom. The van der Waals surface area contributed by atoms with Gasteiger partial charge in [-0.25, -0.2) is 13.2 Å². The van der Waals surface area contributed by atoms with Crippen molar-refractivity contribution in [1.82, 2.24) is 9.62 Å². The number of amides is 1. The summed E-state index contributed by atoms with van der Waals surface area (Å²) in [4.78, 5) is 24.4. The maximum absolute atomic E-state index is 13.2. The lowest BCUT2D eigenvalue weighted by Gasteiger charge is -2.19. The maximum atomic E-state index is 13.2. The minimum absolute atomic E-state index is 0.00503. The van der Waals surface area contributed by atoms with E-state index in [0.717, 1.165) is 11.1 Å². The van der Waals surface area contributed by atoms with Crippen LogP contribution in [0.15, 0.2) is 83.8 Å². The van der Waals surface area contributed by atoms with E-state index in [0.29, 0.717) is 13.0 Å². The van der Waals surface area contributed by atoms with Crippen LogP contribution in [-0.4, -0.2) is 51.9 Å². The first-order valence-electron chi connectivity index (χ1n) is 11.0. The van der Waals surface area contributed by atoms with Gasteiger partial charge in [-0.1, -0.05) is 60.7 Å². The molecule has 0 fully saturated rings. The topological polar surface area (TPSA) is 102 Å². The van der Waals surface area contributed by atoms with Crippen LogP contribution in [0.4, 0.5) is 0 Å². The van der Waals surface area contributed by atoms with Crippen molar-refractivity contribution in [2.75, 3.05) is 27.3 Å². The Morgan fingerprint density at radius 2 is 1.54 bits per heavy atom. The molecule has 0 aliphatic heterocycles. The molecule has 8 nitrogen and oxygen atoms in total. The Hall–Kier alpha value is -3.69. The van der Waals surface area contributed by atoms with Crippen LogP contribution in [0, 0.1) is 0 Å². The SMILES string of the molecule is COc1ccc(C(=O)OCC(=O)NCCc2ccccc2)cc1S(=O)(=O)N(C)Cc1ccccc1. The number of hydrogen-bond donors (Lipinski definition) is 1. The van der Waals surface area contributed by atoms with E-state index in [-0.39, 0.29) is 22.8 Å². The second-order valence-corrected chi connectivity index (χ2v) is 9.79. The van der Waals surface area contributed by atoms with Gasteiger partial charge in [0.25, 0.3) is 5.91 Å². The zero-order chi connectivity index (χ0) is 25.3. The number of carbonyl (C=O) groups is 2. The molecule has 3 rings (SSSR count). The standard InChI is InChI=1S/C26H28N2O6S/c1-28(18-21-11-7-4-8-12-21)35(31,32)24-17-22(13-14-23(24)33-2)26(30)34-19-25(29)27-16-15-20-9-5-3-6-10-20/h3-14,17H,15-16,18-19H2,1-2H3,(H,27,29). The summed E-state index contributed by atoms with van der Waals surface area (Å²) in [7, 11) is -1.18. The molecule has 1 N–H and O–H groups in total. The molecule has 0 heterocycles. The molecule has 0 aromatic heterocycles. The number of rotatable bonds is 11. The lowest BCUT2D eigenvalue weighted by molar-refractivity contribution is -0.124. The van der Waals surface area contributed by atoms with Crippen molar-refractivity contribution in [2.24, 2.45) is 0 Å². The van der Waals surface area contributed by atoms with Crippen LogP contribution in [0.1, 0.15) is 21.5 Å². The van der Waals surface area contributed by atoms with Crippen LogP contribution in [0.3, 0.4) is 0 Å². The van der Waals surface area contributed by atoms with Crippen LogP contribution in [0.5, 0.6) is 5.75 Å². The van der Waals surface area contributed by atoms with Gasteiger partial charge < -0.3 is 14.8 Å². The molecule has 1 amide bonds. The van der Waals surface area contributed by atoms with Crippen LogP contribution in [-0.2, 0) is 32.5 Å². The molecule has 0 aliphatic rings. The Balaban J connectivity index is 1.63. The highest BCUT2D eigenvalue weighted by atomic mass is 32.2. The molecule has 3 aromatic rings. The van der Waals surface area contributed by atoms with Gasteiger partial charge in [0.1, 0.15) is 10.6 Å². The molecule has 0 unspecified atom stereocenters. The molecule has 0 bridgehead atoms. The summed E-state index contributed by atoms with van der Waals surface area (Å²) in [6, 6.07) is 22.8. The third kappa shape index (κ3) is 7.14. The van der Waals surface area contributed by atoms with E-state index in [1.165, 1.54) is 36.7 Å². The van der Waals surface area contributed by atoms with Gasteiger partial charge in [-0.3, -0.25) is 4.79 Å². The summed E-state index contributed by atoms with van der Waals surface area (Å²) in [6.45, 7) is 0.0683. The molecule has 0 atom stereocenters. The quantitative estimate of drug-likeness (QED) is 0.410. The number of hydrogen-bond acceptors (Lipinski definition) is 6. The molecule has 0 spiro atoms. The molecule has 0 saturated heterocycles. The second-order valence-electron chi connectivity index (χ2n) is 7.77. The summed E-state index contributed by atoms with van der Waals surface area (Å²) in [5, 5.41) is 2.69. The summed E-state index contributed by atoms with van der Waals surface area (Å²) < 4.78 is 37.9. The van der Waals surface area contributed by atoms with Crippen molar-refractivity contribution in [2.45, 2.75) is 17.9 Å². The van der Waals surface area contributed by atoms with Gasteiger partial charge in [-0.15, -0.1) is 0 Å². The van der Waals surface area contributed by atoms with Gasteiger partial charge in [0.15, 0.2) is 6.61 Å². The molecule has 0 saturated carbocycles. The van der Waals surface area contributed by atoms with E-state index < -0.39 is 28.5 Å². The summed E-state index contributed by atoms with van der Waals surface area (Å²) in [6.07, 6.45) is 0.650. The Bertz CT molecular complexity index is 1250. The fraction of sp³-hybridized carbons (Fsp3) is 0.231. The van der Waals surface area contributed by atoms with Crippen LogP contribution >= 0.6 is 0 Å². The number of esters is 1. The van der Waals surface area contributed by atoms with E-state index in [4.69, 9.17) is 9.47 Å². The number of methoxy groups -OCH3 is 1. The highest BCUT2D eigenvalue weighted by molar-refractivity contribution is 7.89. The molecule has 0 radical (unpaired) electrons. The number of benzene rings is 3. The van der Waals surface area contributed by atoms with Crippen molar-refractivity contribution >= 4 is 21.9 Å². The normalized spacial score (nSPS) is 11.2. The fourth-order valence-electron chi connectivity index (χ4n) is 3.36. The zero-order valence-electron chi connectivity index (χ0n) is 19.6. The smallest absolute Gasteiger partial charge is 0.338 e. The van der Waals surface area contributed by atoms with Gasteiger partial charge in [0.05, 0.1) is 12.7 Å². The first-order valence-corrected chi connectivity index (χ1v) is 12.4. The Labute approximate surface area is 205 Å². The van der Waals surface area contributed by atoms with Gasteiger partial charge >= 0.3 is 5.97 Å². The molecule has 3 aromatic carbocycles. The monoisotopic (exact) mass is 496 g/mol. The summed E-state index contributed by atoms with van der Waals surface area (Å²) in [5.74, 6) is -1.16. The van der Waals surface area contributed by atoms with E-state index in [2.05, 4.69) is 5.32 Å². The highest BCUT2D eigenvalue weighted by Gasteiger charge is 2.27. The minimum atomic E-state index is -3.98. The first kappa shape index (κ1) is 25.9. The predicted molar refractivity (Wildman–Crippen MR) is 132 cm³/mol. The largest absolute Gasteiger partial charge is 0.495 e. The van der Waals surface area contributed by atoms with Gasteiger partial charge in [-0.05, 0) is 35.7 Å². The molecule has 35 heavy (non-hydrogen) atoms. The van der Waals surface area contributed by atoms with Gasteiger partial charge in [-0.2, -0.15) is 4.31 Å². The third-order valence-electron chi connectivity index (χ3n) is 5.25. The summed E-state index contributed by atoms with van der Waals surface area (Å²) >= 11 is 0. The highest BCUT2D eigenvalue weighted by Crippen LogP contribution is 2.28. The van der Waals surface area contributed by atoms with E-state index >= 15 is 0 Å². The molecule has 9 heteroatoms. The number of ether oxygens (including phenoxy) is 2. The van der Waals surface area contributed by atoms with E-state index in [9.17, 15) is 18.0 Å². The first-order chi connectivity index (χ1) is 16.8. The van der Waals surface area contributed by atoms with Crippen molar-refractivity contribution in [1.29, 1.82) is 0 Å². The maximum Gasteiger partial charge on any atom is 0.338 e. The average molecular weight is 497 g/mol. The van der Waals surface area contributed by atoms with Crippen molar-refractivity contribution in [3.63, 3.8) is 0 Å². The molecular weight excluding hydrogens is 468 g/mol. The molecular formula is C26H28N2O6S. The average Bonchev–Trinajstić information content (AvgIpc) is 2.88. The van der Waals surface area contributed by atoms with Crippen LogP contribution in [0.25, 0.3) is 0 Å². The zero-order valence-corrected chi connectivity index (χ0v) is 20.5. The van der Waals surface area contributed by atoms with Crippen molar-refractivity contribution < 1.29 is 27.5 Å². The number of nitrogens with one attached hydrogen (secondary N) is 1. The van der Waals surface area contributed by atoms with Crippen molar-refractivity contribution in [3.05, 3.63) is 95.6 Å².